The Kier molecular flexibility index (Phi) is 8.01. The minimum absolute atomic E-state index is 0.0542. The number of nitrogens with two attached hydrogens (primary N) is 1. The largest absolute Gasteiger partial charge is 0.489 e. The van der Waals surface area contributed by atoms with Crippen LogP contribution in [-0.2, 0) is 4.79 Å². The Hall–Kier alpha value is -3.21. The van der Waals surface area contributed by atoms with E-state index in [0.717, 1.165) is 12.8 Å². The Labute approximate surface area is 214 Å². The van der Waals surface area contributed by atoms with E-state index >= 15 is 0 Å². The van der Waals surface area contributed by atoms with E-state index in [4.69, 9.17) is 14.9 Å². The number of aromatic nitrogens is 1. The van der Waals surface area contributed by atoms with Gasteiger partial charge in [0, 0.05) is 37.2 Å². The Morgan fingerprint density at radius 2 is 1.92 bits per heavy atom. The fourth-order valence-electron chi connectivity index (χ4n) is 4.31. The lowest BCUT2D eigenvalue weighted by Gasteiger charge is -2.40. The number of hydrogen-bond donors (Lipinski definition) is 1. The molecule has 2 aliphatic rings. The average molecular weight is 521 g/mol. The SMILES string of the molecule is CC(C)C(=O)N1CCN(C(=O)c2nc(-c3ccc(OC(F)F)c(OCC4CC4)c3)oc2[C@H](C)N)C[C@H]1C. The van der Waals surface area contributed by atoms with E-state index in [1.165, 1.54) is 18.2 Å². The summed E-state index contributed by atoms with van der Waals surface area (Å²) in [6.45, 7) is 5.85. The highest BCUT2D eigenvalue weighted by molar-refractivity contribution is 5.94. The summed E-state index contributed by atoms with van der Waals surface area (Å²) in [5, 5.41) is 0. The number of amides is 2. The van der Waals surface area contributed by atoms with Gasteiger partial charge in [-0.25, -0.2) is 4.98 Å². The van der Waals surface area contributed by atoms with E-state index < -0.39 is 12.7 Å². The number of carbonyl (C=O) groups excluding carboxylic acids is 2. The second-order valence-corrected chi connectivity index (χ2v) is 10.1. The number of rotatable bonds is 9. The van der Waals surface area contributed by atoms with Crippen molar-refractivity contribution < 1.29 is 32.3 Å². The van der Waals surface area contributed by atoms with Crippen LogP contribution in [0.4, 0.5) is 8.78 Å². The van der Waals surface area contributed by atoms with E-state index in [1.54, 1.807) is 16.7 Å². The van der Waals surface area contributed by atoms with Gasteiger partial charge in [-0.2, -0.15) is 8.78 Å². The van der Waals surface area contributed by atoms with Crippen molar-refractivity contribution >= 4 is 11.8 Å². The molecule has 1 saturated carbocycles. The highest BCUT2D eigenvalue weighted by Crippen LogP contribution is 2.37. The molecule has 0 bridgehead atoms. The van der Waals surface area contributed by atoms with Crippen LogP contribution in [-0.4, -0.2) is 65.5 Å². The van der Waals surface area contributed by atoms with Crippen LogP contribution in [0.1, 0.15) is 62.8 Å². The zero-order valence-electron chi connectivity index (χ0n) is 21.6. The van der Waals surface area contributed by atoms with Gasteiger partial charge in [0.25, 0.3) is 5.91 Å². The average Bonchev–Trinajstić information content (AvgIpc) is 3.57. The molecule has 1 aromatic heterocycles. The normalized spacial score (nSPS) is 18.9. The van der Waals surface area contributed by atoms with Crippen molar-refractivity contribution in [2.24, 2.45) is 17.6 Å². The molecule has 1 saturated heterocycles. The second-order valence-electron chi connectivity index (χ2n) is 10.1. The predicted molar refractivity (Wildman–Crippen MR) is 131 cm³/mol. The number of halogens is 2. The molecular formula is C26H34F2N4O5. The predicted octanol–water partition coefficient (Wildman–Crippen LogP) is 4.08. The Morgan fingerprint density at radius 1 is 1.19 bits per heavy atom. The monoisotopic (exact) mass is 520 g/mol. The van der Waals surface area contributed by atoms with Gasteiger partial charge in [0.15, 0.2) is 23.0 Å². The van der Waals surface area contributed by atoms with Crippen LogP contribution in [0.3, 0.4) is 0 Å². The number of alkyl halides is 2. The lowest BCUT2D eigenvalue weighted by Crippen LogP contribution is -2.56. The molecule has 0 spiro atoms. The van der Waals surface area contributed by atoms with Crippen LogP contribution in [0.15, 0.2) is 22.6 Å². The molecule has 2 fully saturated rings. The van der Waals surface area contributed by atoms with Crippen LogP contribution in [0.25, 0.3) is 11.5 Å². The zero-order valence-corrected chi connectivity index (χ0v) is 21.6. The van der Waals surface area contributed by atoms with E-state index in [9.17, 15) is 18.4 Å². The van der Waals surface area contributed by atoms with E-state index in [-0.39, 0.29) is 52.6 Å². The van der Waals surface area contributed by atoms with Crippen molar-refractivity contribution in [1.82, 2.24) is 14.8 Å². The number of hydrogen-bond acceptors (Lipinski definition) is 7. The molecule has 9 nitrogen and oxygen atoms in total. The van der Waals surface area contributed by atoms with Crippen LogP contribution < -0.4 is 15.2 Å². The minimum atomic E-state index is -3.00. The lowest BCUT2D eigenvalue weighted by molar-refractivity contribution is -0.138. The van der Waals surface area contributed by atoms with E-state index in [0.29, 0.717) is 37.7 Å². The fraction of sp³-hybridized carbons (Fsp3) is 0.577. The third-order valence-corrected chi connectivity index (χ3v) is 6.54. The van der Waals surface area contributed by atoms with Crippen molar-refractivity contribution in [2.45, 2.75) is 59.2 Å². The summed E-state index contributed by atoms with van der Waals surface area (Å²) in [5.41, 5.74) is 6.64. The number of oxazole rings is 1. The minimum Gasteiger partial charge on any atom is -0.489 e. The van der Waals surface area contributed by atoms with Crippen molar-refractivity contribution in [2.75, 3.05) is 26.2 Å². The summed E-state index contributed by atoms with van der Waals surface area (Å²) >= 11 is 0. The van der Waals surface area contributed by atoms with Gasteiger partial charge in [0.05, 0.1) is 12.6 Å². The molecule has 202 valence electrons. The standard InChI is InChI=1S/C26H34F2N4O5/c1-14(2)24(33)32-10-9-31(12-15(32)3)25(34)21-22(16(4)29)37-23(30-21)18-7-8-19(36-26(27)28)20(11-18)35-13-17-5-6-17/h7-8,11,14-17,26H,5-6,9-10,12-13,29H2,1-4H3/t15-,16+/m1/s1. The maximum Gasteiger partial charge on any atom is 0.387 e. The summed E-state index contributed by atoms with van der Waals surface area (Å²) in [7, 11) is 0. The fourth-order valence-corrected chi connectivity index (χ4v) is 4.31. The van der Waals surface area contributed by atoms with E-state index in [2.05, 4.69) is 9.72 Å². The van der Waals surface area contributed by atoms with Gasteiger partial charge in [-0.05, 0) is 50.8 Å². The first-order valence-electron chi connectivity index (χ1n) is 12.6. The highest BCUT2D eigenvalue weighted by Gasteiger charge is 2.34. The summed E-state index contributed by atoms with van der Waals surface area (Å²) < 4.78 is 42.1. The highest BCUT2D eigenvalue weighted by atomic mass is 19.3. The third kappa shape index (κ3) is 6.20. The van der Waals surface area contributed by atoms with Gasteiger partial charge in [-0.1, -0.05) is 13.8 Å². The Balaban J connectivity index is 1.58. The van der Waals surface area contributed by atoms with Crippen molar-refractivity contribution in [3.8, 4) is 23.0 Å². The van der Waals surface area contributed by atoms with Crippen molar-refractivity contribution in [3.05, 3.63) is 29.7 Å². The smallest absolute Gasteiger partial charge is 0.387 e. The Morgan fingerprint density at radius 3 is 2.51 bits per heavy atom. The van der Waals surface area contributed by atoms with Crippen LogP contribution >= 0.6 is 0 Å². The molecule has 2 atom stereocenters. The first kappa shape index (κ1) is 26.8. The van der Waals surface area contributed by atoms with Crippen LogP contribution in [0.2, 0.25) is 0 Å². The summed E-state index contributed by atoms with van der Waals surface area (Å²) in [4.78, 5) is 33.8. The molecule has 0 radical (unpaired) electrons. The molecule has 2 heterocycles. The molecule has 37 heavy (non-hydrogen) atoms. The van der Waals surface area contributed by atoms with E-state index in [1.807, 2.05) is 20.8 Å². The number of nitrogens with zero attached hydrogens (tertiary/aromatic N) is 3. The molecule has 11 heteroatoms. The molecule has 2 aromatic rings. The lowest BCUT2D eigenvalue weighted by atomic mass is 10.1. The molecule has 1 aliphatic heterocycles. The maximum absolute atomic E-state index is 13.5. The molecular weight excluding hydrogens is 486 g/mol. The van der Waals surface area contributed by atoms with Crippen LogP contribution in [0, 0.1) is 11.8 Å². The molecule has 1 aliphatic carbocycles. The Bertz CT molecular complexity index is 1130. The van der Waals surface area contributed by atoms with Gasteiger partial charge in [0.1, 0.15) is 0 Å². The van der Waals surface area contributed by atoms with Crippen molar-refractivity contribution in [3.63, 3.8) is 0 Å². The maximum atomic E-state index is 13.5. The molecule has 2 amide bonds. The summed E-state index contributed by atoms with van der Waals surface area (Å²) in [5.74, 6) is 0.405. The summed E-state index contributed by atoms with van der Waals surface area (Å²) in [6.07, 6.45) is 2.07. The quantitative estimate of drug-likeness (QED) is 0.530. The summed E-state index contributed by atoms with van der Waals surface area (Å²) in [6, 6.07) is 3.64. The van der Waals surface area contributed by atoms with Gasteiger partial charge in [-0.15, -0.1) is 0 Å². The topological polar surface area (TPSA) is 111 Å². The molecule has 4 rings (SSSR count). The van der Waals surface area contributed by atoms with Gasteiger partial charge in [0.2, 0.25) is 11.8 Å². The second kappa shape index (κ2) is 11.0. The van der Waals surface area contributed by atoms with Crippen LogP contribution in [0.5, 0.6) is 11.5 Å². The molecule has 2 N–H and O–H groups in total. The van der Waals surface area contributed by atoms with Gasteiger partial charge < -0.3 is 29.4 Å². The number of benzene rings is 1. The first-order valence-corrected chi connectivity index (χ1v) is 12.6. The molecule has 1 aromatic carbocycles. The first-order chi connectivity index (χ1) is 17.5. The van der Waals surface area contributed by atoms with Gasteiger partial charge >= 0.3 is 6.61 Å². The zero-order chi connectivity index (χ0) is 26.9. The number of carbonyl (C=O) groups is 2. The number of piperazine rings is 1. The number of ether oxygens (including phenoxy) is 2. The van der Waals surface area contributed by atoms with Crippen molar-refractivity contribution in [1.29, 1.82) is 0 Å². The van der Waals surface area contributed by atoms with Gasteiger partial charge in [-0.3, -0.25) is 9.59 Å². The molecule has 0 unspecified atom stereocenters. The third-order valence-electron chi connectivity index (χ3n) is 6.54.